The van der Waals surface area contributed by atoms with Gasteiger partial charge in [0.15, 0.2) is 0 Å². The minimum atomic E-state index is -0.938. The lowest BCUT2D eigenvalue weighted by molar-refractivity contribution is -0.149. The van der Waals surface area contributed by atoms with E-state index in [1.54, 1.807) is 13.8 Å². The van der Waals surface area contributed by atoms with Gasteiger partial charge in [-0.2, -0.15) is 0 Å². The largest absolute Gasteiger partial charge is 0.494 e. The Balaban J connectivity index is 2.30. The molecule has 0 bridgehead atoms. The first-order valence-corrected chi connectivity index (χ1v) is 6.61. The van der Waals surface area contributed by atoms with E-state index >= 15 is 0 Å². The Morgan fingerprint density at radius 3 is 2.53 bits per heavy atom. The topological polar surface area (TPSA) is 61.5 Å². The summed E-state index contributed by atoms with van der Waals surface area (Å²) in [5, 5.41) is 0. The van der Waals surface area contributed by atoms with Crippen LogP contribution in [0.4, 0.5) is 0 Å². The molecule has 0 aromatic heterocycles. The number of esters is 1. The van der Waals surface area contributed by atoms with Gasteiger partial charge in [0, 0.05) is 0 Å². The Labute approximate surface area is 114 Å². The fraction of sp³-hybridized carbons (Fsp3) is 0.533. The van der Waals surface area contributed by atoms with E-state index in [-0.39, 0.29) is 5.97 Å². The monoisotopic (exact) mass is 265 g/mol. The third-order valence-electron chi connectivity index (χ3n) is 2.87. The van der Waals surface area contributed by atoms with Gasteiger partial charge < -0.3 is 15.2 Å². The molecule has 0 saturated heterocycles. The van der Waals surface area contributed by atoms with Gasteiger partial charge in [-0.25, -0.2) is 0 Å². The minimum absolute atomic E-state index is 0.353. The Morgan fingerprint density at radius 2 is 1.95 bits per heavy atom. The highest BCUT2D eigenvalue weighted by Crippen LogP contribution is 2.14. The normalized spacial score (nSPS) is 13.7. The fourth-order valence-electron chi connectivity index (χ4n) is 1.66. The van der Waals surface area contributed by atoms with Gasteiger partial charge in [0.2, 0.25) is 0 Å². The maximum absolute atomic E-state index is 11.6. The van der Waals surface area contributed by atoms with E-state index in [2.05, 4.69) is 0 Å². The standard InChI is InChI=1S/C15H23NO3/c1-4-18-14(17)15(3,16)10-5-11-19-13-8-6-12(2)7-9-13/h6-9H,4-5,10-11,16H2,1-3H3. The van der Waals surface area contributed by atoms with Gasteiger partial charge in [-0.15, -0.1) is 0 Å². The molecule has 4 nitrogen and oxygen atoms in total. The summed E-state index contributed by atoms with van der Waals surface area (Å²) in [6, 6.07) is 7.87. The first-order valence-electron chi connectivity index (χ1n) is 6.61. The Morgan fingerprint density at radius 1 is 1.32 bits per heavy atom. The third kappa shape index (κ3) is 5.30. The van der Waals surface area contributed by atoms with E-state index in [4.69, 9.17) is 15.2 Å². The average Bonchev–Trinajstić information content (AvgIpc) is 2.37. The highest BCUT2D eigenvalue weighted by atomic mass is 16.5. The van der Waals surface area contributed by atoms with E-state index < -0.39 is 5.54 Å². The van der Waals surface area contributed by atoms with E-state index in [1.807, 2.05) is 31.2 Å². The summed E-state index contributed by atoms with van der Waals surface area (Å²) in [5.41, 5.74) is 6.18. The molecule has 1 aromatic rings. The summed E-state index contributed by atoms with van der Waals surface area (Å²) in [7, 11) is 0. The molecule has 2 N–H and O–H groups in total. The predicted molar refractivity (Wildman–Crippen MR) is 75.1 cm³/mol. The van der Waals surface area contributed by atoms with E-state index in [9.17, 15) is 4.79 Å². The number of ether oxygens (including phenoxy) is 2. The SMILES string of the molecule is CCOC(=O)C(C)(N)CCCOc1ccc(C)cc1. The zero-order valence-electron chi connectivity index (χ0n) is 11.9. The van der Waals surface area contributed by atoms with Crippen LogP contribution in [0.15, 0.2) is 24.3 Å². The van der Waals surface area contributed by atoms with Gasteiger partial charge >= 0.3 is 5.97 Å². The van der Waals surface area contributed by atoms with Crippen molar-refractivity contribution in [3.8, 4) is 5.75 Å². The van der Waals surface area contributed by atoms with Crippen LogP contribution in [0.3, 0.4) is 0 Å². The van der Waals surface area contributed by atoms with Crippen molar-refractivity contribution < 1.29 is 14.3 Å². The summed E-state index contributed by atoms with van der Waals surface area (Å²) in [4.78, 5) is 11.6. The van der Waals surface area contributed by atoms with Gasteiger partial charge in [0.1, 0.15) is 11.3 Å². The first kappa shape index (κ1) is 15.5. The number of rotatable bonds is 7. The molecular weight excluding hydrogens is 242 g/mol. The van der Waals surface area contributed by atoms with Crippen LogP contribution in [0.5, 0.6) is 5.75 Å². The molecule has 1 aromatic carbocycles. The van der Waals surface area contributed by atoms with Crippen LogP contribution >= 0.6 is 0 Å². The maximum atomic E-state index is 11.6. The predicted octanol–water partition coefficient (Wildman–Crippen LogP) is 2.43. The number of hydrogen-bond donors (Lipinski definition) is 1. The lowest BCUT2D eigenvalue weighted by Gasteiger charge is -2.22. The molecule has 0 fully saturated rings. The molecule has 0 aliphatic rings. The zero-order chi connectivity index (χ0) is 14.3. The first-order chi connectivity index (χ1) is 8.95. The maximum Gasteiger partial charge on any atom is 0.325 e. The summed E-state index contributed by atoms with van der Waals surface area (Å²) in [5.74, 6) is 0.478. The summed E-state index contributed by atoms with van der Waals surface area (Å²) in [6.45, 7) is 6.38. The van der Waals surface area contributed by atoms with Crippen molar-refractivity contribution in [1.29, 1.82) is 0 Å². The molecule has 1 unspecified atom stereocenters. The molecule has 19 heavy (non-hydrogen) atoms. The van der Waals surface area contributed by atoms with Crippen molar-refractivity contribution in [1.82, 2.24) is 0 Å². The molecule has 0 saturated carbocycles. The molecule has 1 atom stereocenters. The van der Waals surface area contributed by atoms with Crippen LogP contribution in [0.2, 0.25) is 0 Å². The van der Waals surface area contributed by atoms with Crippen molar-refractivity contribution in [3.05, 3.63) is 29.8 Å². The van der Waals surface area contributed by atoms with Crippen molar-refractivity contribution in [3.63, 3.8) is 0 Å². The van der Waals surface area contributed by atoms with Crippen LogP contribution in [-0.2, 0) is 9.53 Å². The molecule has 0 amide bonds. The number of carbonyl (C=O) groups is 1. The molecule has 106 valence electrons. The van der Waals surface area contributed by atoms with E-state index in [0.29, 0.717) is 26.1 Å². The van der Waals surface area contributed by atoms with Crippen LogP contribution in [-0.4, -0.2) is 24.7 Å². The number of carbonyl (C=O) groups excluding carboxylic acids is 1. The molecule has 0 aliphatic carbocycles. The van der Waals surface area contributed by atoms with Gasteiger partial charge in [-0.3, -0.25) is 4.79 Å². The number of aryl methyl sites for hydroxylation is 1. The smallest absolute Gasteiger partial charge is 0.325 e. The van der Waals surface area contributed by atoms with Crippen molar-refractivity contribution in [2.24, 2.45) is 5.73 Å². The second kappa shape index (κ2) is 7.14. The minimum Gasteiger partial charge on any atom is -0.494 e. The molecule has 0 aliphatic heterocycles. The van der Waals surface area contributed by atoms with Crippen LogP contribution in [0.25, 0.3) is 0 Å². The molecule has 0 spiro atoms. The third-order valence-corrected chi connectivity index (χ3v) is 2.87. The van der Waals surface area contributed by atoms with Gasteiger partial charge in [0.05, 0.1) is 13.2 Å². The zero-order valence-corrected chi connectivity index (χ0v) is 11.9. The molecule has 1 rings (SSSR count). The second-order valence-electron chi connectivity index (χ2n) is 4.90. The highest BCUT2D eigenvalue weighted by Gasteiger charge is 2.29. The lowest BCUT2D eigenvalue weighted by Crippen LogP contribution is -2.46. The van der Waals surface area contributed by atoms with Gasteiger partial charge in [0.25, 0.3) is 0 Å². The van der Waals surface area contributed by atoms with Crippen molar-refractivity contribution in [2.45, 2.75) is 39.2 Å². The van der Waals surface area contributed by atoms with Crippen LogP contribution in [0.1, 0.15) is 32.3 Å². The summed E-state index contributed by atoms with van der Waals surface area (Å²) < 4.78 is 10.5. The van der Waals surface area contributed by atoms with Gasteiger partial charge in [-0.05, 0) is 45.7 Å². The highest BCUT2D eigenvalue weighted by molar-refractivity contribution is 5.79. The molecule has 0 heterocycles. The lowest BCUT2D eigenvalue weighted by atomic mass is 9.98. The van der Waals surface area contributed by atoms with Gasteiger partial charge in [-0.1, -0.05) is 17.7 Å². The Hall–Kier alpha value is -1.55. The van der Waals surface area contributed by atoms with Crippen molar-refractivity contribution in [2.75, 3.05) is 13.2 Å². The van der Waals surface area contributed by atoms with Crippen molar-refractivity contribution >= 4 is 5.97 Å². The fourth-order valence-corrected chi connectivity index (χ4v) is 1.66. The average molecular weight is 265 g/mol. The van der Waals surface area contributed by atoms with E-state index in [0.717, 1.165) is 5.75 Å². The molecular formula is C15H23NO3. The van der Waals surface area contributed by atoms with Crippen LogP contribution in [0, 0.1) is 6.92 Å². The summed E-state index contributed by atoms with van der Waals surface area (Å²) in [6.07, 6.45) is 1.25. The number of benzene rings is 1. The second-order valence-corrected chi connectivity index (χ2v) is 4.90. The van der Waals surface area contributed by atoms with Crippen LogP contribution < -0.4 is 10.5 Å². The molecule has 0 radical (unpaired) electrons. The Bertz CT molecular complexity index is 398. The number of nitrogens with two attached hydrogens (primary N) is 1. The Kier molecular flexibility index (Phi) is 5.83. The van der Waals surface area contributed by atoms with E-state index in [1.165, 1.54) is 5.56 Å². The number of hydrogen-bond acceptors (Lipinski definition) is 4. The molecule has 4 heteroatoms. The summed E-state index contributed by atoms with van der Waals surface area (Å²) >= 11 is 0. The quantitative estimate of drug-likeness (QED) is 0.607.